The van der Waals surface area contributed by atoms with E-state index in [0.717, 1.165) is 17.9 Å². The number of nitrogens with zero attached hydrogens (tertiary/aromatic N) is 1. The van der Waals surface area contributed by atoms with Crippen molar-refractivity contribution in [3.8, 4) is 11.5 Å². The Morgan fingerprint density at radius 3 is 2.21 bits per heavy atom. The lowest BCUT2D eigenvalue weighted by Gasteiger charge is -2.18. The number of carbonyl (C=O) groups excluding carboxylic acids is 1. The topological polar surface area (TPSA) is 50.8 Å². The molecule has 3 rings (SSSR count). The molecule has 0 spiro atoms. The highest BCUT2D eigenvalue weighted by Gasteiger charge is 2.18. The Kier molecular flexibility index (Phi) is 7.31. The van der Waals surface area contributed by atoms with Crippen molar-refractivity contribution < 1.29 is 14.3 Å². The number of rotatable bonds is 9. The molecule has 2 aromatic carbocycles. The van der Waals surface area contributed by atoms with Gasteiger partial charge >= 0.3 is 0 Å². The molecule has 1 saturated heterocycles. The Bertz CT molecular complexity index is 737. The second kappa shape index (κ2) is 10.1. The number of likely N-dealkylation sites (tertiary alicyclic amines) is 1. The molecule has 1 fully saturated rings. The van der Waals surface area contributed by atoms with Crippen LogP contribution >= 0.6 is 0 Å². The van der Waals surface area contributed by atoms with Gasteiger partial charge in [-0.25, -0.2) is 0 Å². The molecule has 1 atom stereocenters. The van der Waals surface area contributed by atoms with Gasteiger partial charge in [0.1, 0.15) is 11.5 Å². The molecule has 0 bridgehead atoms. The van der Waals surface area contributed by atoms with E-state index in [9.17, 15) is 4.79 Å². The zero-order chi connectivity index (χ0) is 19.8. The predicted octanol–water partition coefficient (Wildman–Crippen LogP) is 3.76. The number of methoxy groups -OCH3 is 1. The maximum atomic E-state index is 12.5. The van der Waals surface area contributed by atoms with E-state index in [4.69, 9.17) is 9.47 Å². The van der Waals surface area contributed by atoms with Crippen LogP contribution in [0.5, 0.6) is 11.5 Å². The minimum atomic E-state index is -0.511. The normalized spacial score (nSPS) is 15.2. The molecule has 0 aliphatic carbocycles. The monoisotopic (exact) mass is 382 g/mol. The molecule has 150 valence electrons. The fraction of sp³-hybridized carbons (Fsp3) is 0.435. The summed E-state index contributed by atoms with van der Waals surface area (Å²) in [6, 6.07) is 15.8. The van der Waals surface area contributed by atoms with Gasteiger partial charge in [-0.2, -0.15) is 0 Å². The number of amides is 1. The van der Waals surface area contributed by atoms with E-state index in [2.05, 4.69) is 34.5 Å². The highest BCUT2D eigenvalue weighted by atomic mass is 16.5. The summed E-state index contributed by atoms with van der Waals surface area (Å²) < 4.78 is 11.0. The van der Waals surface area contributed by atoms with Gasteiger partial charge in [0, 0.05) is 13.1 Å². The lowest BCUT2D eigenvalue weighted by Crippen LogP contribution is -2.37. The molecule has 1 aliphatic heterocycles. The molecule has 1 N–H and O–H groups in total. The average molecular weight is 383 g/mol. The van der Waals surface area contributed by atoms with Gasteiger partial charge in [-0.05, 0) is 67.7 Å². The second-order valence-electron chi connectivity index (χ2n) is 7.21. The van der Waals surface area contributed by atoms with Crippen molar-refractivity contribution in [2.45, 2.75) is 45.4 Å². The van der Waals surface area contributed by atoms with Crippen LogP contribution in [0, 0.1) is 0 Å². The van der Waals surface area contributed by atoms with Crippen molar-refractivity contribution in [3.05, 3.63) is 59.7 Å². The number of hydrogen-bond donors (Lipinski definition) is 1. The van der Waals surface area contributed by atoms with Crippen LogP contribution in [0.3, 0.4) is 0 Å². The van der Waals surface area contributed by atoms with E-state index in [-0.39, 0.29) is 5.91 Å². The Hall–Kier alpha value is -2.53. The number of benzene rings is 2. The van der Waals surface area contributed by atoms with Gasteiger partial charge in [-0.15, -0.1) is 0 Å². The number of nitrogens with one attached hydrogen (secondary N) is 1. The molecule has 5 heteroatoms. The van der Waals surface area contributed by atoms with Crippen LogP contribution in [-0.4, -0.2) is 37.1 Å². The fourth-order valence-electron chi connectivity index (χ4n) is 3.41. The lowest BCUT2D eigenvalue weighted by atomic mass is 10.1. The average Bonchev–Trinajstić information content (AvgIpc) is 3.24. The first kappa shape index (κ1) is 20.2. The van der Waals surface area contributed by atoms with Crippen LogP contribution in [0.2, 0.25) is 0 Å². The first-order valence-electron chi connectivity index (χ1n) is 10.1. The van der Waals surface area contributed by atoms with Crippen LogP contribution < -0.4 is 14.8 Å². The van der Waals surface area contributed by atoms with E-state index in [0.29, 0.717) is 18.7 Å². The summed E-state index contributed by atoms with van der Waals surface area (Å²) in [7, 11) is 1.62. The molecule has 1 heterocycles. The number of carbonyl (C=O) groups is 1. The maximum absolute atomic E-state index is 12.5. The third-order valence-corrected chi connectivity index (χ3v) is 5.10. The van der Waals surface area contributed by atoms with Crippen molar-refractivity contribution >= 4 is 5.91 Å². The SMILES string of the molecule is CCC(Oc1ccc(OC)cc1)C(=O)NCc1ccc(CN2CCCC2)cc1. The second-order valence-corrected chi connectivity index (χ2v) is 7.21. The van der Waals surface area contributed by atoms with Crippen molar-refractivity contribution in [2.24, 2.45) is 0 Å². The summed E-state index contributed by atoms with van der Waals surface area (Å²) in [6.07, 6.45) is 2.71. The summed E-state index contributed by atoms with van der Waals surface area (Å²) in [5.74, 6) is 1.33. The fourth-order valence-corrected chi connectivity index (χ4v) is 3.41. The molecule has 2 aromatic rings. The number of hydrogen-bond acceptors (Lipinski definition) is 4. The molecule has 28 heavy (non-hydrogen) atoms. The Labute approximate surface area is 167 Å². The van der Waals surface area contributed by atoms with Gasteiger partial charge in [0.2, 0.25) is 0 Å². The van der Waals surface area contributed by atoms with E-state index in [1.165, 1.54) is 31.5 Å². The molecule has 1 amide bonds. The Morgan fingerprint density at radius 2 is 1.61 bits per heavy atom. The molecule has 5 nitrogen and oxygen atoms in total. The highest BCUT2D eigenvalue weighted by Crippen LogP contribution is 2.19. The zero-order valence-corrected chi connectivity index (χ0v) is 16.8. The third kappa shape index (κ3) is 5.73. The molecule has 1 unspecified atom stereocenters. The maximum Gasteiger partial charge on any atom is 0.261 e. The van der Waals surface area contributed by atoms with E-state index < -0.39 is 6.10 Å². The Balaban J connectivity index is 1.48. The number of ether oxygens (including phenoxy) is 2. The first-order valence-corrected chi connectivity index (χ1v) is 10.1. The van der Waals surface area contributed by atoms with Gasteiger partial charge in [0.15, 0.2) is 6.10 Å². The summed E-state index contributed by atoms with van der Waals surface area (Å²) >= 11 is 0. The van der Waals surface area contributed by atoms with E-state index in [1.54, 1.807) is 7.11 Å². The molecular weight excluding hydrogens is 352 g/mol. The van der Waals surface area contributed by atoms with Crippen molar-refractivity contribution in [2.75, 3.05) is 20.2 Å². The van der Waals surface area contributed by atoms with Gasteiger partial charge in [-0.3, -0.25) is 9.69 Å². The molecule has 0 aromatic heterocycles. The Morgan fingerprint density at radius 1 is 1.00 bits per heavy atom. The third-order valence-electron chi connectivity index (χ3n) is 5.10. The summed E-state index contributed by atoms with van der Waals surface area (Å²) in [5.41, 5.74) is 2.42. The molecular formula is C23H30N2O3. The first-order chi connectivity index (χ1) is 13.7. The van der Waals surface area contributed by atoms with Crippen molar-refractivity contribution in [1.29, 1.82) is 0 Å². The quantitative estimate of drug-likeness (QED) is 0.717. The van der Waals surface area contributed by atoms with Crippen LogP contribution in [0.25, 0.3) is 0 Å². The minimum absolute atomic E-state index is 0.0977. The lowest BCUT2D eigenvalue weighted by molar-refractivity contribution is -0.128. The van der Waals surface area contributed by atoms with Crippen molar-refractivity contribution in [1.82, 2.24) is 10.2 Å². The van der Waals surface area contributed by atoms with Crippen LogP contribution in [0.15, 0.2) is 48.5 Å². The molecule has 0 radical (unpaired) electrons. The minimum Gasteiger partial charge on any atom is -0.497 e. The largest absolute Gasteiger partial charge is 0.497 e. The molecule has 0 saturated carbocycles. The van der Waals surface area contributed by atoms with Gasteiger partial charge in [-0.1, -0.05) is 31.2 Å². The van der Waals surface area contributed by atoms with Crippen LogP contribution in [-0.2, 0) is 17.9 Å². The molecule has 1 aliphatic rings. The highest BCUT2D eigenvalue weighted by molar-refractivity contribution is 5.81. The van der Waals surface area contributed by atoms with Gasteiger partial charge in [0.05, 0.1) is 7.11 Å². The predicted molar refractivity (Wildman–Crippen MR) is 111 cm³/mol. The summed E-state index contributed by atoms with van der Waals surface area (Å²) in [6.45, 7) is 5.86. The van der Waals surface area contributed by atoms with Gasteiger partial charge < -0.3 is 14.8 Å². The standard InChI is InChI=1S/C23H30N2O3/c1-3-22(28-21-12-10-20(27-2)11-13-21)23(26)24-16-18-6-8-19(9-7-18)17-25-14-4-5-15-25/h6-13,22H,3-5,14-17H2,1-2H3,(H,24,26). The zero-order valence-electron chi connectivity index (χ0n) is 16.8. The summed E-state index contributed by atoms with van der Waals surface area (Å²) in [5, 5.41) is 2.99. The van der Waals surface area contributed by atoms with Crippen LogP contribution in [0.4, 0.5) is 0 Å². The summed E-state index contributed by atoms with van der Waals surface area (Å²) in [4.78, 5) is 15.0. The van der Waals surface area contributed by atoms with Crippen LogP contribution in [0.1, 0.15) is 37.3 Å². The smallest absolute Gasteiger partial charge is 0.261 e. The van der Waals surface area contributed by atoms with Gasteiger partial charge in [0.25, 0.3) is 5.91 Å². The van der Waals surface area contributed by atoms with Crippen molar-refractivity contribution in [3.63, 3.8) is 0 Å². The van der Waals surface area contributed by atoms with E-state index in [1.807, 2.05) is 31.2 Å². The van der Waals surface area contributed by atoms with E-state index >= 15 is 0 Å².